The maximum Gasteiger partial charge on any atom is 0.226 e. The summed E-state index contributed by atoms with van der Waals surface area (Å²) in [7, 11) is 0. The molecule has 134 valence electrons. The number of phenols is 1. The van der Waals surface area contributed by atoms with Crippen molar-refractivity contribution >= 4 is 28.9 Å². The predicted molar refractivity (Wildman–Crippen MR) is 104 cm³/mol. The molecule has 0 spiro atoms. The highest BCUT2D eigenvalue weighted by atomic mass is 32.1. The summed E-state index contributed by atoms with van der Waals surface area (Å²) in [6.45, 7) is 2.23. The molecule has 0 saturated carbocycles. The number of para-hydroxylation sites is 2. The van der Waals surface area contributed by atoms with Crippen molar-refractivity contribution in [3.05, 3.63) is 24.3 Å². The summed E-state index contributed by atoms with van der Waals surface area (Å²) >= 11 is 5.09. The summed E-state index contributed by atoms with van der Waals surface area (Å²) in [6, 6.07) is 6.78. The molecule has 0 fully saturated rings. The monoisotopic (exact) mass is 350 g/mol. The molecule has 0 saturated heterocycles. The Balaban J connectivity index is 2.05. The minimum absolute atomic E-state index is 0.0779. The van der Waals surface area contributed by atoms with E-state index < -0.39 is 0 Å². The molecule has 0 unspecified atom stereocenters. The van der Waals surface area contributed by atoms with Crippen LogP contribution in [0.5, 0.6) is 5.75 Å². The maximum atomic E-state index is 11.8. The number of amides is 1. The number of anilines is 1. The SMILES string of the molecule is CCCCCCCCCCCC(=O)NC(=S)Nc1ccccc1O. The summed E-state index contributed by atoms with van der Waals surface area (Å²) in [5, 5.41) is 15.3. The fourth-order valence-electron chi connectivity index (χ4n) is 2.52. The molecule has 4 nitrogen and oxygen atoms in total. The molecule has 24 heavy (non-hydrogen) atoms. The highest BCUT2D eigenvalue weighted by Crippen LogP contribution is 2.21. The van der Waals surface area contributed by atoms with Gasteiger partial charge in [-0.1, -0.05) is 70.4 Å². The largest absolute Gasteiger partial charge is 0.506 e. The van der Waals surface area contributed by atoms with Crippen LogP contribution in [0.4, 0.5) is 5.69 Å². The number of aromatic hydroxyl groups is 1. The number of thiocarbonyl (C=S) groups is 1. The number of benzene rings is 1. The Bertz CT molecular complexity index is 506. The Morgan fingerprint density at radius 2 is 1.58 bits per heavy atom. The molecule has 3 N–H and O–H groups in total. The van der Waals surface area contributed by atoms with Gasteiger partial charge >= 0.3 is 0 Å². The van der Waals surface area contributed by atoms with Crippen molar-refractivity contribution in [2.75, 3.05) is 5.32 Å². The van der Waals surface area contributed by atoms with E-state index in [1.54, 1.807) is 24.3 Å². The van der Waals surface area contributed by atoms with E-state index in [1.807, 2.05) is 0 Å². The van der Waals surface area contributed by atoms with Crippen LogP contribution < -0.4 is 10.6 Å². The van der Waals surface area contributed by atoms with Crippen LogP contribution in [0.1, 0.15) is 71.1 Å². The Morgan fingerprint density at radius 1 is 1.00 bits per heavy atom. The van der Waals surface area contributed by atoms with Crippen molar-refractivity contribution in [2.45, 2.75) is 71.1 Å². The van der Waals surface area contributed by atoms with E-state index in [2.05, 4.69) is 17.6 Å². The lowest BCUT2D eigenvalue weighted by Crippen LogP contribution is -2.33. The standard InChI is InChI=1S/C19H30N2O2S/c1-2-3-4-5-6-7-8-9-10-15-18(23)21-19(24)20-16-13-11-12-14-17(16)22/h11-14,22H,2-10,15H2,1H3,(H2,20,21,23,24). The topological polar surface area (TPSA) is 61.4 Å². The van der Waals surface area contributed by atoms with E-state index >= 15 is 0 Å². The number of carbonyl (C=O) groups is 1. The van der Waals surface area contributed by atoms with Gasteiger partial charge < -0.3 is 15.7 Å². The van der Waals surface area contributed by atoms with Crippen molar-refractivity contribution in [1.29, 1.82) is 0 Å². The maximum absolute atomic E-state index is 11.8. The predicted octanol–water partition coefficient (Wildman–Crippen LogP) is 5.13. The average Bonchev–Trinajstić information content (AvgIpc) is 2.55. The van der Waals surface area contributed by atoms with Gasteiger partial charge in [-0.15, -0.1) is 0 Å². The van der Waals surface area contributed by atoms with E-state index in [9.17, 15) is 9.90 Å². The van der Waals surface area contributed by atoms with Crippen molar-refractivity contribution in [2.24, 2.45) is 0 Å². The van der Waals surface area contributed by atoms with Crippen LogP contribution in [0.15, 0.2) is 24.3 Å². The van der Waals surface area contributed by atoms with Crippen molar-refractivity contribution < 1.29 is 9.90 Å². The van der Waals surface area contributed by atoms with E-state index in [1.165, 1.54) is 44.9 Å². The number of phenolic OH excluding ortho intramolecular Hbond substituents is 1. The molecule has 0 heterocycles. The van der Waals surface area contributed by atoms with Crippen molar-refractivity contribution in [1.82, 2.24) is 5.32 Å². The molecule has 1 aromatic rings. The molecule has 0 radical (unpaired) electrons. The molecular formula is C19H30N2O2S. The number of carbonyl (C=O) groups excluding carboxylic acids is 1. The molecule has 0 atom stereocenters. The second-order valence-corrected chi connectivity index (χ2v) is 6.51. The first-order chi connectivity index (χ1) is 11.6. The number of unbranched alkanes of at least 4 members (excludes halogenated alkanes) is 8. The molecule has 1 aromatic carbocycles. The first kappa shape index (κ1) is 20.4. The van der Waals surface area contributed by atoms with Crippen LogP contribution in [0.2, 0.25) is 0 Å². The van der Waals surface area contributed by atoms with Crippen LogP contribution in [-0.2, 0) is 4.79 Å². The van der Waals surface area contributed by atoms with Crippen LogP contribution >= 0.6 is 12.2 Å². The van der Waals surface area contributed by atoms with Gasteiger partial charge in [-0.05, 0) is 30.8 Å². The number of hydrogen-bond acceptors (Lipinski definition) is 3. The zero-order chi connectivity index (χ0) is 17.6. The Labute approximate surface area is 151 Å². The lowest BCUT2D eigenvalue weighted by molar-refractivity contribution is -0.119. The first-order valence-electron chi connectivity index (χ1n) is 9.02. The molecule has 0 aromatic heterocycles. The lowest BCUT2D eigenvalue weighted by atomic mass is 10.1. The fourth-order valence-corrected chi connectivity index (χ4v) is 2.74. The average molecular weight is 351 g/mol. The van der Waals surface area contributed by atoms with Gasteiger partial charge in [0.05, 0.1) is 5.69 Å². The van der Waals surface area contributed by atoms with Gasteiger partial charge in [0.15, 0.2) is 5.11 Å². The van der Waals surface area contributed by atoms with Crippen LogP contribution in [0.3, 0.4) is 0 Å². The third kappa shape index (κ3) is 9.50. The van der Waals surface area contributed by atoms with Gasteiger partial charge in [0.2, 0.25) is 5.91 Å². The molecule has 0 aliphatic carbocycles. The molecule has 0 bridgehead atoms. The van der Waals surface area contributed by atoms with Crippen molar-refractivity contribution in [3.8, 4) is 5.75 Å². The van der Waals surface area contributed by atoms with Gasteiger partial charge in [0.25, 0.3) is 0 Å². The third-order valence-electron chi connectivity index (χ3n) is 3.91. The zero-order valence-electron chi connectivity index (χ0n) is 14.6. The van der Waals surface area contributed by atoms with E-state index in [0.717, 1.165) is 12.8 Å². The second-order valence-electron chi connectivity index (χ2n) is 6.10. The van der Waals surface area contributed by atoms with Crippen LogP contribution in [-0.4, -0.2) is 16.1 Å². The second kappa shape index (κ2) is 12.8. The summed E-state index contributed by atoms with van der Waals surface area (Å²) in [6.07, 6.45) is 11.5. The third-order valence-corrected chi connectivity index (χ3v) is 4.12. The molecule has 0 aliphatic heterocycles. The summed E-state index contributed by atoms with van der Waals surface area (Å²) in [4.78, 5) is 11.8. The van der Waals surface area contributed by atoms with Gasteiger partial charge in [0.1, 0.15) is 5.75 Å². The minimum atomic E-state index is -0.0779. The Hall–Kier alpha value is -1.62. The normalized spacial score (nSPS) is 10.4. The fraction of sp³-hybridized carbons (Fsp3) is 0.579. The molecule has 1 rings (SSSR count). The van der Waals surface area contributed by atoms with Gasteiger partial charge in [-0.2, -0.15) is 0 Å². The molecule has 1 amide bonds. The number of rotatable bonds is 11. The number of nitrogens with one attached hydrogen (secondary N) is 2. The Morgan fingerprint density at radius 3 is 2.21 bits per heavy atom. The summed E-state index contributed by atoms with van der Waals surface area (Å²) < 4.78 is 0. The Kier molecular flexibility index (Phi) is 10.9. The molecule has 5 heteroatoms. The van der Waals surface area contributed by atoms with E-state index in [-0.39, 0.29) is 16.8 Å². The smallest absolute Gasteiger partial charge is 0.226 e. The highest BCUT2D eigenvalue weighted by Gasteiger charge is 2.06. The number of hydrogen-bond donors (Lipinski definition) is 3. The lowest BCUT2D eigenvalue weighted by Gasteiger charge is -2.10. The zero-order valence-corrected chi connectivity index (χ0v) is 15.5. The molecule has 0 aliphatic rings. The summed E-state index contributed by atoms with van der Waals surface area (Å²) in [5.41, 5.74) is 0.492. The van der Waals surface area contributed by atoms with Gasteiger partial charge in [0, 0.05) is 6.42 Å². The minimum Gasteiger partial charge on any atom is -0.506 e. The van der Waals surface area contributed by atoms with Crippen LogP contribution in [0, 0.1) is 0 Å². The quantitative estimate of drug-likeness (QED) is 0.294. The molecular weight excluding hydrogens is 320 g/mol. The van der Waals surface area contributed by atoms with Gasteiger partial charge in [-0.3, -0.25) is 4.79 Å². The summed E-state index contributed by atoms with van der Waals surface area (Å²) in [5.74, 6) is 0.0268. The van der Waals surface area contributed by atoms with Crippen LogP contribution in [0.25, 0.3) is 0 Å². The van der Waals surface area contributed by atoms with Gasteiger partial charge in [-0.25, -0.2) is 0 Å². The van der Waals surface area contributed by atoms with Crippen molar-refractivity contribution in [3.63, 3.8) is 0 Å². The first-order valence-corrected chi connectivity index (χ1v) is 9.43. The highest BCUT2D eigenvalue weighted by molar-refractivity contribution is 7.80. The van der Waals surface area contributed by atoms with E-state index in [4.69, 9.17) is 12.2 Å². The van der Waals surface area contributed by atoms with E-state index in [0.29, 0.717) is 12.1 Å².